The average molecular weight is 263 g/mol. The number of hydrogen-bond acceptors (Lipinski definition) is 3. The highest BCUT2D eigenvalue weighted by Gasteiger charge is 2.15. The number of benzene rings is 1. The van der Waals surface area contributed by atoms with Gasteiger partial charge in [0.25, 0.3) is 0 Å². The lowest BCUT2D eigenvalue weighted by Gasteiger charge is -1.99. The van der Waals surface area contributed by atoms with Crippen molar-refractivity contribution >= 4 is 22.9 Å². The first kappa shape index (κ1) is 11.0. The second-order valence-electron chi connectivity index (χ2n) is 3.76. The molecule has 0 atom stereocenters. The summed E-state index contributed by atoms with van der Waals surface area (Å²) in [7, 11) is 0. The molecule has 0 fully saturated rings. The van der Waals surface area contributed by atoms with Crippen LogP contribution in [0.1, 0.15) is 0 Å². The van der Waals surface area contributed by atoms with Crippen LogP contribution in [0.15, 0.2) is 36.5 Å². The molecule has 0 aliphatic carbocycles. The van der Waals surface area contributed by atoms with Gasteiger partial charge >= 0.3 is 0 Å². The Bertz CT molecular complexity index is 718. The topological polar surface area (TPSA) is 56.2 Å². The van der Waals surface area contributed by atoms with Gasteiger partial charge in [0.1, 0.15) is 5.82 Å². The molecule has 3 aromatic rings. The minimum atomic E-state index is -0.461. The van der Waals surface area contributed by atoms with E-state index in [0.717, 1.165) is 0 Å². The number of fused-ring (bicyclic) bond motifs is 1. The van der Waals surface area contributed by atoms with Gasteiger partial charge in [0, 0.05) is 6.20 Å². The van der Waals surface area contributed by atoms with E-state index in [2.05, 4.69) is 10.1 Å². The van der Waals surface area contributed by atoms with Gasteiger partial charge in [0.2, 0.25) is 0 Å². The zero-order valence-electron chi connectivity index (χ0n) is 9.14. The van der Waals surface area contributed by atoms with Crippen LogP contribution in [0.25, 0.3) is 17.0 Å². The first-order valence-corrected chi connectivity index (χ1v) is 5.60. The quantitative estimate of drug-likeness (QED) is 0.734. The summed E-state index contributed by atoms with van der Waals surface area (Å²) in [5.41, 5.74) is 6.91. The van der Waals surface area contributed by atoms with E-state index in [1.54, 1.807) is 24.4 Å². The highest BCUT2D eigenvalue weighted by molar-refractivity contribution is 6.33. The van der Waals surface area contributed by atoms with Crippen molar-refractivity contribution in [3.8, 4) is 11.4 Å². The molecule has 2 N–H and O–H groups in total. The summed E-state index contributed by atoms with van der Waals surface area (Å²) >= 11 is 5.97. The van der Waals surface area contributed by atoms with Crippen molar-refractivity contribution in [2.45, 2.75) is 0 Å². The van der Waals surface area contributed by atoms with Crippen molar-refractivity contribution in [2.75, 3.05) is 5.73 Å². The molecule has 0 saturated carbocycles. The number of pyridine rings is 1. The third-order valence-electron chi connectivity index (χ3n) is 2.58. The third kappa shape index (κ3) is 1.60. The minimum Gasteiger partial charge on any atom is -0.396 e. The molecule has 0 unspecified atom stereocenters. The second kappa shape index (κ2) is 3.96. The molecule has 1 aromatic carbocycles. The van der Waals surface area contributed by atoms with E-state index in [9.17, 15) is 4.39 Å². The third-order valence-corrected chi connectivity index (χ3v) is 2.89. The van der Waals surface area contributed by atoms with Crippen LogP contribution in [-0.4, -0.2) is 14.6 Å². The lowest BCUT2D eigenvalue weighted by molar-refractivity contribution is 0.630. The second-order valence-corrected chi connectivity index (χ2v) is 4.17. The zero-order valence-corrected chi connectivity index (χ0v) is 9.89. The first-order chi connectivity index (χ1) is 8.66. The molecule has 2 heterocycles. The summed E-state index contributed by atoms with van der Waals surface area (Å²) in [6.07, 6.45) is 1.69. The van der Waals surface area contributed by atoms with E-state index in [1.807, 2.05) is 0 Å². The number of hydrogen-bond donors (Lipinski definition) is 1. The molecule has 18 heavy (non-hydrogen) atoms. The van der Waals surface area contributed by atoms with Crippen molar-refractivity contribution in [1.82, 2.24) is 14.6 Å². The van der Waals surface area contributed by atoms with Gasteiger partial charge in [-0.05, 0) is 24.3 Å². The number of anilines is 1. The molecular weight excluding hydrogens is 255 g/mol. The monoisotopic (exact) mass is 262 g/mol. The van der Waals surface area contributed by atoms with Crippen LogP contribution in [0.2, 0.25) is 5.02 Å². The summed E-state index contributed by atoms with van der Waals surface area (Å²) in [5.74, 6) is -0.243. The predicted molar refractivity (Wildman–Crippen MR) is 67.8 cm³/mol. The van der Waals surface area contributed by atoms with Crippen LogP contribution in [0.3, 0.4) is 0 Å². The van der Waals surface area contributed by atoms with Crippen molar-refractivity contribution in [3.05, 3.63) is 47.4 Å². The SMILES string of the molecule is Nc1cccn2nc(-c3c(F)cccc3Cl)nc12. The fraction of sp³-hybridized carbons (Fsp3) is 0. The van der Waals surface area contributed by atoms with Crippen LogP contribution in [-0.2, 0) is 0 Å². The van der Waals surface area contributed by atoms with Crippen molar-refractivity contribution in [1.29, 1.82) is 0 Å². The van der Waals surface area contributed by atoms with Gasteiger partial charge < -0.3 is 5.73 Å². The normalized spacial score (nSPS) is 11.0. The molecule has 0 radical (unpaired) electrons. The van der Waals surface area contributed by atoms with E-state index >= 15 is 0 Å². The molecule has 6 heteroatoms. The maximum Gasteiger partial charge on any atom is 0.186 e. The van der Waals surface area contributed by atoms with E-state index in [4.69, 9.17) is 17.3 Å². The summed E-state index contributed by atoms with van der Waals surface area (Å²) in [4.78, 5) is 4.21. The standard InChI is InChI=1S/C12H8ClFN4/c13-7-3-1-4-8(14)10(7)11-16-12-9(15)5-2-6-18(12)17-11/h1-6H,15H2. The summed E-state index contributed by atoms with van der Waals surface area (Å²) in [6.45, 7) is 0. The van der Waals surface area contributed by atoms with Gasteiger partial charge in [-0.3, -0.25) is 0 Å². The number of rotatable bonds is 1. The largest absolute Gasteiger partial charge is 0.396 e. The van der Waals surface area contributed by atoms with E-state index in [0.29, 0.717) is 11.3 Å². The lowest BCUT2D eigenvalue weighted by atomic mass is 10.2. The predicted octanol–water partition coefficient (Wildman–Crippen LogP) is 2.77. The number of nitrogen functional groups attached to an aromatic ring is 1. The van der Waals surface area contributed by atoms with Crippen LogP contribution < -0.4 is 5.73 Å². The molecule has 0 saturated heterocycles. The Hall–Kier alpha value is -2.14. The lowest BCUT2D eigenvalue weighted by Crippen LogP contribution is -1.92. The van der Waals surface area contributed by atoms with E-state index in [-0.39, 0.29) is 16.4 Å². The number of nitrogens with two attached hydrogens (primary N) is 1. The van der Waals surface area contributed by atoms with Crippen LogP contribution in [0, 0.1) is 5.82 Å². The molecule has 90 valence electrons. The molecule has 0 aliphatic heterocycles. The number of aromatic nitrogens is 3. The Morgan fingerprint density at radius 3 is 2.78 bits per heavy atom. The Morgan fingerprint density at radius 1 is 1.22 bits per heavy atom. The van der Waals surface area contributed by atoms with Gasteiger partial charge in [-0.25, -0.2) is 13.9 Å². The van der Waals surface area contributed by atoms with E-state index < -0.39 is 5.82 Å². The van der Waals surface area contributed by atoms with Crippen LogP contribution in [0.4, 0.5) is 10.1 Å². The van der Waals surface area contributed by atoms with Gasteiger partial charge in [0.05, 0.1) is 16.3 Å². The smallest absolute Gasteiger partial charge is 0.186 e. The summed E-state index contributed by atoms with van der Waals surface area (Å²) in [5, 5.41) is 4.43. The highest BCUT2D eigenvalue weighted by Crippen LogP contribution is 2.28. The molecule has 0 bridgehead atoms. The van der Waals surface area contributed by atoms with Gasteiger partial charge in [-0.1, -0.05) is 17.7 Å². The minimum absolute atomic E-state index is 0.183. The maximum absolute atomic E-state index is 13.8. The van der Waals surface area contributed by atoms with Crippen LogP contribution in [0.5, 0.6) is 0 Å². The van der Waals surface area contributed by atoms with Crippen LogP contribution >= 0.6 is 11.6 Å². The Kier molecular flexibility index (Phi) is 2.41. The van der Waals surface area contributed by atoms with Crippen molar-refractivity contribution in [2.24, 2.45) is 0 Å². The van der Waals surface area contributed by atoms with Crippen molar-refractivity contribution < 1.29 is 4.39 Å². The summed E-state index contributed by atoms with van der Waals surface area (Å²) < 4.78 is 15.3. The fourth-order valence-electron chi connectivity index (χ4n) is 1.74. The zero-order chi connectivity index (χ0) is 12.7. The van der Waals surface area contributed by atoms with Gasteiger partial charge in [-0.15, -0.1) is 5.10 Å². The maximum atomic E-state index is 13.8. The van der Waals surface area contributed by atoms with Gasteiger partial charge in [-0.2, -0.15) is 0 Å². The molecule has 2 aromatic heterocycles. The number of nitrogens with zero attached hydrogens (tertiary/aromatic N) is 3. The Labute approximate surface area is 107 Å². The van der Waals surface area contributed by atoms with Gasteiger partial charge in [0.15, 0.2) is 11.5 Å². The molecule has 0 spiro atoms. The molecular formula is C12H8ClFN4. The average Bonchev–Trinajstić information content (AvgIpc) is 2.74. The Morgan fingerprint density at radius 2 is 2.06 bits per heavy atom. The highest BCUT2D eigenvalue weighted by atomic mass is 35.5. The Balaban J connectivity index is 2.30. The molecule has 4 nitrogen and oxygen atoms in total. The number of halogens is 2. The fourth-order valence-corrected chi connectivity index (χ4v) is 1.99. The molecule has 0 amide bonds. The molecule has 0 aliphatic rings. The molecule has 3 rings (SSSR count). The van der Waals surface area contributed by atoms with Crippen molar-refractivity contribution in [3.63, 3.8) is 0 Å². The first-order valence-electron chi connectivity index (χ1n) is 5.22. The summed E-state index contributed by atoms with van der Waals surface area (Å²) in [6, 6.07) is 7.89. The van der Waals surface area contributed by atoms with E-state index in [1.165, 1.54) is 16.6 Å².